The second-order valence-electron chi connectivity index (χ2n) is 2.18. The molecule has 0 radical (unpaired) electrons. The third kappa shape index (κ3) is 1.37. The minimum atomic E-state index is -1.43. The Morgan fingerprint density at radius 2 is 2.30 bits per heavy atom. The first-order valence-electron chi connectivity index (χ1n) is 3.03. The summed E-state index contributed by atoms with van der Waals surface area (Å²) < 4.78 is 11.8. The Bertz CT molecular complexity index is 191. The van der Waals surface area contributed by atoms with Crippen molar-refractivity contribution in [2.75, 3.05) is 0 Å². The average Bonchev–Trinajstić information content (AvgIpc) is 1.87. The van der Waals surface area contributed by atoms with Crippen molar-refractivity contribution in [3.63, 3.8) is 0 Å². The molecule has 0 spiro atoms. The van der Waals surface area contributed by atoms with Crippen LogP contribution < -0.4 is 0 Å². The van der Waals surface area contributed by atoms with E-state index in [0.29, 0.717) is 0 Å². The summed E-state index contributed by atoms with van der Waals surface area (Å²) in [6.07, 6.45) is 8.30. The number of alkyl halides is 2. The van der Waals surface area contributed by atoms with Gasteiger partial charge in [0.1, 0.15) is 0 Å². The lowest BCUT2D eigenvalue weighted by Gasteiger charge is -2.21. The van der Waals surface area contributed by atoms with Crippen LogP contribution in [0.1, 0.15) is 0 Å². The highest BCUT2D eigenvalue weighted by Crippen LogP contribution is 2.35. The van der Waals surface area contributed by atoms with Gasteiger partial charge in [-0.3, -0.25) is 0 Å². The molecule has 10 heavy (non-hydrogen) atoms. The van der Waals surface area contributed by atoms with Gasteiger partial charge in [-0.05, 0) is 22.0 Å². The van der Waals surface area contributed by atoms with Crippen LogP contribution in [0.3, 0.4) is 0 Å². The predicted molar refractivity (Wildman–Crippen MR) is 44.7 cm³/mol. The molecule has 0 heterocycles. The van der Waals surface area contributed by atoms with Crippen LogP contribution in [0.25, 0.3) is 0 Å². The zero-order chi connectivity index (χ0) is 7.61. The van der Waals surface area contributed by atoms with Crippen molar-refractivity contribution in [3.8, 4) is 0 Å². The highest BCUT2D eigenvalue weighted by atomic mass is 79.9. The number of allylic oxidation sites excluding steroid dienone is 5. The van der Waals surface area contributed by atoms with E-state index >= 15 is 0 Å². The van der Waals surface area contributed by atoms with E-state index in [9.17, 15) is 4.39 Å². The summed E-state index contributed by atoms with van der Waals surface area (Å²) >= 11 is 2.94. The molecule has 0 amide bonds. The van der Waals surface area contributed by atoms with E-state index in [1.165, 1.54) is 6.08 Å². The van der Waals surface area contributed by atoms with Gasteiger partial charge in [-0.25, -0.2) is 4.39 Å². The lowest BCUT2D eigenvalue weighted by molar-refractivity contribution is 0.320. The van der Waals surface area contributed by atoms with Gasteiger partial charge in [-0.2, -0.15) is 0 Å². The van der Waals surface area contributed by atoms with Gasteiger partial charge >= 0.3 is 0 Å². The van der Waals surface area contributed by atoms with Gasteiger partial charge in [0, 0.05) is 5.92 Å². The molecule has 1 aliphatic carbocycles. The van der Waals surface area contributed by atoms with E-state index in [-0.39, 0.29) is 5.92 Å². The summed E-state index contributed by atoms with van der Waals surface area (Å²) in [4.78, 5) is 0. The molecule has 1 rings (SSSR count). The third-order valence-corrected chi connectivity index (χ3v) is 2.24. The molecule has 0 saturated heterocycles. The first-order valence-corrected chi connectivity index (χ1v) is 3.82. The van der Waals surface area contributed by atoms with Crippen LogP contribution in [-0.4, -0.2) is 4.58 Å². The number of hydrogen-bond acceptors (Lipinski definition) is 0. The van der Waals surface area contributed by atoms with Crippen molar-refractivity contribution in [3.05, 3.63) is 37.0 Å². The molecule has 0 saturated carbocycles. The fourth-order valence-electron chi connectivity index (χ4n) is 0.843. The molecular formula is C8H8BrF. The zero-order valence-corrected chi connectivity index (χ0v) is 7.01. The molecule has 0 aromatic rings. The molecule has 0 bridgehead atoms. The molecule has 1 aliphatic rings. The van der Waals surface area contributed by atoms with Gasteiger partial charge in [0.05, 0.1) is 0 Å². The fraction of sp³-hybridized carbons (Fsp3) is 0.250. The van der Waals surface area contributed by atoms with Crippen molar-refractivity contribution in [1.82, 2.24) is 0 Å². The van der Waals surface area contributed by atoms with Gasteiger partial charge in [0.25, 0.3) is 0 Å². The van der Waals surface area contributed by atoms with E-state index in [2.05, 4.69) is 22.5 Å². The van der Waals surface area contributed by atoms with E-state index in [1.54, 1.807) is 18.2 Å². The van der Waals surface area contributed by atoms with Crippen molar-refractivity contribution < 1.29 is 4.39 Å². The lowest BCUT2D eigenvalue weighted by Crippen LogP contribution is -2.21. The molecule has 2 heteroatoms. The highest BCUT2D eigenvalue weighted by Gasteiger charge is 2.30. The van der Waals surface area contributed by atoms with Crippen LogP contribution in [0, 0.1) is 5.92 Å². The summed E-state index contributed by atoms with van der Waals surface area (Å²) in [7, 11) is 0. The molecule has 0 aromatic heterocycles. The zero-order valence-electron chi connectivity index (χ0n) is 5.43. The summed E-state index contributed by atoms with van der Waals surface area (Å²) in [5.74, 6) is -0.252. The van der Waals surface area contributed by atoms with Crippen LogP contribution in [0.2, 0.25) is 0 Å². The van der Waals surface area contributed by atoms with Gasteiger partial charge in [0.2, 0.25) is 0 Å². The molecule has 0 N–H and O–H groups in total. The number of hydrogen-bond donors (Lipinski definition) is 0. The van der Waals surface area contributed by atoms with E-state index in [4.69, 9.17) is 0 Å². The van der Waals surface area contributed by atoms with E-state index in [1.807, 2.05) is 6.08 Å². The molecule has 0 aliphatic heterocycles. The van der Waals surface area contributed by atoms with Crippen LogP contribution in [0.15, 0.2) is 37.0 Å². The van der Waals surface area contributed by atoms with Crippen molar-refractivity contribution in [2.45, 2.75) is 4.58 Å². The summed E-state index contributed by atoms with van der Waals surface area (Å²) in [6.45, 7) is 3.52. The summed E-state index contributed by atoms with van der Waals surface area (Å²) in [6, 6.07) is 0. The smallest absolute Gasteiger partial charge is 0.193 e. The van der Waals surface area contributed by atoms with E-state index in [0.717, 1.165) is 0 Å². The second kappa shape index (κ2) is 2.70. The lowest BCUT2D eigenvalue weighted by atomic mass is 9.99. The molecule has 2 unspecified atom stereocenters. The van der Waals surface area contributed by atoms with Crippen LogP contribution in [0.5, 0.6) is 0 Å². The highest BCUT2D eigenvalue weighted by molar-refractivity contribution is 9.10. The SMILES string of the molecule is C=CC1C=CC=CC1(F)Br. The molecule has 0 nitrogen and oxygen atoms in total. The Kier molecular flexibility index (Phi) is 2.09. The first-order chi connectivity index (χ1) is 4.67. The topological polar surface area (TPSA) is 0 Å². The van der Waals surface area contributed by atoms with Gasteiger partial charge < -0.3 is 0 Å². The molecule has 0 aromatic carbocycles. The maximum atomic E-state index is 13.2. The first kappa shape index (κ1) is 7.73. The monoisotopic (exact) mass is 202 g/mol. The fourth-order valence-corrected chi connectivity index (χ4v) is 1.33. The van der Waals surface area contributed by atoms with Crippen molar-refractivity contribution in [2.24, 2.45) is 5.92 Å². The Hall–Kier alpha value is -0.370. The predicted octanol–water partition coefficient (Wildman–Crippen LogP) is 2.98. The summed E-state index contributed by atoms with van der Waals surface area (Å²) in [5, 5.41) is 0. The average molecular weight is 203 g/mol. The number of rotatable bonds is 1. The second-order valence-corrected chi connectivity index (χ2v) is 3.40. The Labute approximate surface area is 68.3 Å². The maximum Gasteiger partial charge on any atom is 0.193 e. The number of halogens is 2. The van der Waals surface area contributed by atoms with Gasteiger partial charge in [-0.15, -0.1) is 6.58 Å². The third-order valence-electron chi connectivity index (χ3n) is 1.45. The minimum Gasteiger partial charge on any atom is -0.226 e. The van der Waals surface area contributed by atoms with Crippen molar-refractivity contribution in [1.29, 1.82) is 0 Å². The van der Waals surface area contributed by atoms with Crippen LogP contribution in [0.4, 0.5) is 4.39 Å². The Morgan fingerprint density at radius 3 is 2.70 bits per heavy atom. The molecule has 54 valence electrons. The molecule has 0 fully saturated rings. The Balaban J connectivity index is 2.84. The largest absolute Gasteiger partial charge is 0.226 e. The summed E-state index contributed by atoms with van der Waals surface area (Å²) in [5.41, 5.74) is 0. The maximum absolute atomic E-state index is 13.2. The molecule has 2 atom stereocenters. The molecular weight excluding hydrogens is 195 g/mol. The van der Waals surface area contributed by atoms with Gasteiger partial charge in [-0.1, -0.05) is 24.3 Å². The van der Waals surface area contributed by atoms with E-state index < -0.39 is 4.58 Å². The minimum absolute atomic E-state index is 0.252. The standard InChI is InChI=1S/C8H8BrF/c1-2-7-5-3-4-6-8(7,9)10/h2-7H,1H2. The normalized spacial score (nSPS) is 38.0. The van der Waals surface area contributed by atoms with Gasteiger partial charge in [0.15, 0.2) is 4.58 Å². The van der Waals surface area contributed by atoms with Crippen LogP contribution >= 0.6 is 15.9 Å². The van der Waals surface area contributed by atoms with Crippen LogP contribution in [-0.2, 0) is 0 Å². The van der Waals surface area contributed by atoms with Crippen molar-refractivity contribution >= 4 is 15.9 Å². The quantitative estimate of drug-likeness (QED) is 0.454. The Morgan fingerprint density at radius 1 is 1.60 bits per heavy atom.